The summed E-state index contributed by atoms with van der Waals surface area (Å²) >= 11 is 0. The van der Waals surface area contributed by atoms with Crippen LogP contribution in [0.15, 0.2) is 12.7 Å². The highest BCUT2D eigenvalue weighted by Crippen LogP contribution is 1.97. The Labute approximate surface area is 88.0 Å². The van der Waals surface area contributed by atoms with Crippen LogP contribution in [0, 0.1) is 0 Å². The Balaban J connectivity index is 3.78. The van der Waals surface area contributed by atoms with E-state index in [1.807, 2.05) is 0 Å². The molecule has 0 amide bonds. The molecule has 0 saturated carbocycles. The van der Waals surface area contributed by atoms with Gasteiger partial charge in [0, 0.05) is 6.08 Å². The van der Waals surface area contributed by atoms with E-state index in [-0.39, 0.29) is 18.8 Å². The van der Waals surface area contributed by atoms with Gasteiger partial charge in [-0.05, 0) is 13.8 Å². The fraction of sp³-hybridized carbons (Fsp3) is 0.500. The van der Waals surface area contributed by atoms with Crippen LogP contribution >= 0.6 is 0 Å². The zero-order valence-electron chi connectivity index (χ0n) is 8.82. The Morgan fingerprint density at radius 2 is 2.00 bits per heavy atom. The minimum atomic E-state index is -0.621. The van der Waals surface area contributed by atoms with Gasteiger partial charge in [-0.1, -0.05) is 6.58 Å². The maximum absolute atomic E-state index is 11.0. The molecule has 0 aromatic heterocycles. The van der Waals surface area contributed by atoms with Crippen LogP contribution < -0.4 is 0 Å². The van der Waals surface area contributed by atoms with E-state index >= 15 is 0 Å². The number of rotatable bonds is 6. The van der Waals surface area contributed by atoms with Crippen LogP contribution in [0.3, 0.4) is 0 Å². The highest BCUT2D eigenvalue weighted by molar-refractivity contribution is 5.94. The monoisotopic (exact) mass is 214 g/mol. The van der Waals surface area contributed by atoms with E-state index in [0.717, 1.165) is 6.08 Å². The molecule has 0 rings (SSSR count). The van der Waals surface area contributed by atoms with Gasteiger partial charge in [0.1, 0.15) is 24.9 Å². The van der Waals surface area contributed by atoms with Crippen LogP contribution in [-0.4, -0.2) is 30.4 Å². The summed E-state index contributed by atoms with van der Waals surface area (Å²) in [6.45, 7) is 6.02. The van der Waals surface area contributed by atoms with Crippen molar-refractivity contribution >= 4 is 17.7 Å². The predicted octanol–water partition coefficient (Wildman–Crippen LogP) is 0.626. The molecule has 0 fully saturated rings. The third kappa shape index (κ3) is 7.42. The second-order valence-electron chi connectivity index (χ2n) is 3.01. The molecule has 0 aliphatic carbocycles. The van der Waals surface area contributed by atoms with Crippen molar-refractivity contribution in [3.8, 4) is 0 Å². The van der Waals surface area contributed by atoms with Crippen LogP contribution in [-0.2, 0) is 23.9 Å². The van der Waals surface area contributed by atoms with Gasteiger partial charge < -0.3 is 9.47 Å². The SMILES string of the molecule is C=CC(=O)OCC(C)OC(=O)CC(C)=O. The number of esters is 2. The Morgan fingerprint density at radius 1 is 1.40 bits per heavy atom. The number of carbonyl (C=O) groups excluding carboxylic acids is 3. The zero-order valence-corrected chi connectivity index (χ0v) is 8.82. The average Bonchev–Trinajstić information content (AvgIpc) is 2.12. The van der Waals surface area contributed by atoms with Crippen LogP contribution in [0.4, 0.5) is 0 Å². The van der Waals surface area contributed by atoms with Gasteiger partial charge in [-0.2, -0.15) is 0 Å². The molecule has 0 aromatic rings. The summed E-state index contributed by atoms with van der Waals surface area (Å²) in [5, 5.41) is 0. The van der Waals surface area contributed by atoms with Crippen molar-refractivity contribution in [1.29, 1.82) is 0 Å². The molecule has 0 aromatic carbocycles. The highest BCUT2D eigenvalue weighted by atomic mass is 16.6. The van der Waals surface area contributed by atoms with Crippen molar-refractivity contribution in [2.75, 3.05) is 6.61 Å². The van der Waals surface area contributed by atoms with Gasteiger partial charge in [0.05, 0.1) is 0 Å². The number of ether oxygens (including phenoxy) is 2. The molecule has 0 radical (unpaired) electrons. The van der Waals surface area contributed by atoms with Crippen molar-refractivity contribution in [2.45, 2.75) is 26.4 Å². The Morgan fingerprint density at radius 3 is 2.47 bits per heavy atom. The molecule has 0 aliphatic rings. The van der Waals surface area contributed by atoms with Crippen LogP contribution in [0.5, 0.6) is 0 Å². The number of hydrogen-bond acceptors (Lipinski definition) is 5. The van der Waals surface area contributed by atoms with E-state index in [9.17, 15) is 14.4 Å². The quantitative estimate of drug-likeness (QED) is 0.368. The summed E-state index contributed by atoms with van der Waals surface area (Å²) in [6, 6.07) is 0. The van der Waals surface area contributed by atoms with Crippen molar-refractivity contribution < 1.29 is 23.9 Å². The number of ketones is 1. The normalized spacial score (nSPS) is 11.3. The Hall–Kier alpha value is -1.65. The maximum atomic E-state index is 11.0. The number of Topliss-reactive ketones (excluding diaryl/α,β-unsaturated/α-hetero) is 1. The lowest BCUT2D eigenvalue weighted by Crippen LogP contribution is -2.22. The third-order valence-electron chi connectivity index (χ3n) is 1.35. The Kier molecular flexibility index (Phi) is 6.01. The lowest BCUT2D eigenvalue weighted by atomic mass is 10.3. The molecule has 84 valence electrons. The van der Waals surface area contributed by atoms with E-state index in [4.69, 9.17) is 4.74 Å². The fourth-order valence-corrected chi connectivity index (χ4v) is 0.762. The summed E-state index contributed by atoms with van der Waals surface area (Å²) in [7, 11) is 0. The standard InChI is InChI=1S/C10H14O5/c1-4-9(12)14-6-8(3)15-10(13)5-7(2)11/h4,8H,1,5-6H2,2-3H3. The molecular formula is C10H14O5. The van der Waals surface area contributed by atoms with Crippen molar-refractivity contribution in [2.24, 2.45) is 0 Å². The van der Waals surface area contributed by atoms with Gasteiger partial charge in [0.25, 0.3) is 0 Å². The van der Waals surface area contributed by atoms with Gasteiger partial charge in [0.15, 0.2) is 0 Å². The first-order valence-corrected chi connectivity index (χ1v) is 4.43. The molecule has 5 heteroatoms. The highest BCUT2D eigenvalue weighted by Gasteiger charge is 2.12. The van der Waals surface area contributed by atoms with Crippen LogP contribution in [0.2, 0.25) is 0 Å². The number of carbonyl (C=O) groups is 3. The molecular weight excluding hydrogens is 200 g/mol. The molecule has 0 N–H and O–H groups in total. The van der Waals surface area contributed by atoms with Crippen molar-refractivity contribution in [1.82, 2.24) is 0 Å². The van der Waals surface area contributed by atoms with Gasteiger partial charge >= 0.3 is 11.9 Å². The van der Waals surface area contributed by atoms with Gasteiger partial charge in [-0.25, -0.2) is 4.79 Å². The summed E-state index contributed by atoms with van der Waals surface area (Å²) in [5.41, 5.74) is 0. The largest absolute Gasteiger partial charge is 0.459 e. The smallest absolute Gasteiger partial charge is 0.330 e. The average molecular weight is 214 g/mol. The molecule has 0 heterocycles. The van der Waals surface area contributed by atoms with Gasteiger partial charge in [-0.3, -0.25) is 9.59 Å². The van der Waals surface area contributed by atoms with E-state index in [0.29, 0.717) is 0 Å². The number of hydrogen-bond donors (Lipinski definition) is 0. The second kappa shape index (κ2) is 6.75. The lowest BCUT2D eigenvalue weighted by Gasteiger charge is -2.12. The second-order valence-corrected chi connectivity index (χ2v) is 3.01. The lowest BCUT2D eigenvalue weighted by molar-refractivity contribution is -0.156. The van der Waals surface area contributed by atoms with Gasteiger partial charge in [0.2, 0.25) is 0 Å². The van der Waals surface area contributed by atoms with Crippen LogP contribution in [0.1, 0.15) is 20.3 Å². The van der Waals surface area contributed by atoms with E-state index in [1.165, 1.54) is 6.92 Å². The van der Waals surface area contributed by atoms with E-state index < -0.39 is 18.0 Å². The topological polar surface area (TPSA) is 69.7 Å². The molecule has 15 heavy (non-hydrogen) atoms. The Bertz CT molecular complexity index is 269. The molecule has 1 unspecified atom stereocenters. The summed E-state index contributed by atoms with van der Waals surface area (Å²) in [6.07, 6.45) is 0.185. The van der Waals surface area contributed by atoms with Crippen molar-refractivity contribution in [3.05, 3.63) is 12.7 Å². The minimum Gasteiger partial charge on any atom is -0.459 e. The van der Waals surface area contributed by atoms with Crippen LogP contribution in [0.25, 0.3) is 0 Å². The maximum Gasteiger partial charge on any atom is 0.330 e. The van der Waals surface area contributed by atoms with E-state index in [1.54, 1.807) is 6.92 Å². The summed E-state index contributed by atoms with van der Waals surface area (Å²) < 4.78 is 9.42. The van der Waals surface area contributed by atoms with E-state index in [2.05, 4.69) is 11.3 Å². The molecule has 5 nitrogen and oxygen atoms in total. The molecule has 0 bridgehead atoms. The molecule has 0 spiro atoms. The van der Waals surface area contributed by atoms with Crippen molar-refractivity contribution in [3.63, 3.8) is 0 Å². The summed E-state index contributed by atoms with van der Waals surface area (Å²) in [5.74, 6) is -1.47. The third-order valence-corrected chi connectivity index (χ3v) is 1.35. The van der Waals surface area contributed by atoms with Gasteiger partial charge in [-0.15, -0.1) is 0 Å². The summed E-state index contributed by atoms with van der Waals surface area (Å²) in [4.78, 5) is 32.2. The fourth-order valence-electron chi connectivity index (χ4n) is 0.762. The first-order chi connectivity index (χ1) is 6.95. The first-order valence-electron chi connectivity index (χ1n) is 4.43. The molecule has 0 aliphatic heterocycles. The minimum absolute atomic E-state index is 0.0471. The predicted molar refractivity (Wildman–Crippen MR) is 52.0 cm³/mol. The molecule has 1 atom stereocenters. The first kappa shape index (κ1) is 13.4. The molecule has 0 saturated heterocycles. The zero-order chi connectivity index (χ0) is 11.8.